The summed E-state index contributed by atoms with van der Waals surface area (Å²) in [6.45, 7) is 2.34. The van der Waals surface area contributed by atoms with Gasteiger partial charge in [-0.25, -0.2) is 13.8 Å². The molecule has 4 fully saturated rings. The second-order valence-corrected chi connectivity index (χ2v) is 10.9. The Morgan fingerprint density at radius 3 is 2.70 bits per heavy atom. The Morgan fingerprint density at radius 2 is 1.97 bits per heavy atom. The smallest absolute Gasteiger partial charge is 0.266 e. The third-order valence-corrected chi connectivity index (χ3v) is 9.74. The standard InChI is InChI=1S/C24H34F2N2O2/c1-23-8-6-16-15-7-9-24(30,22(25)26)13-14(15)2-3-17(16)18(23)4-5-19(23)20(29)12-21-27-10-11-28-21/h10-11,14-19,22,30H,2-9,12-13H2,1H3,(H,27,28)/t14-,15+,16-,17-,18+,19-,23+,24-/m1/s1. The Bertz CT molecular complexity index is 784. The number of aromatic nitrogens is 2. The third-order valence-electron chi connectivity index (χ3n) is 9.74. The zero-order valence-electron chi connectivity index (χ0n) is 17.8. The summed E-state index contributed by atoms with van der Waals surface area (Å²) < 4.78 is 26.8. The molecule has 30 heavy (non-hydrogen) atoms. The summed E-state index contributed by atoms with van der Waals surface area (Å²) >= 11 is 0. The van der Waals surface area contributed by atoms with Gasteiger partial charge in [0, 0.05) is 18.3 Å². The molecule has 0 aliphatic heterocycles. The zero-order valence-corrected chi connectivity index (χ0v) is 17.8. The molecule has 1 aromatic heterocycles. The number of nitrogens with zero attached hydrogens (tertiary/aromatic N) is 1. The normalized spacial score (nSPS) is 45.6. The highest BCUT2D eigenvalue weighted by atomic mass is 19.3. The fourth-order valence-electron chi connectivity index (χ4n) is 8.32. The maximum Gasteiger partial charge on any atom is 0.266 e. The van der Waals surface area contributed by atoms with E-state index in [-0.39, 0.29) is 30.1 Å². The van der Waals surface area contributed by atoms with E-state index in [0.29, 0.717) is 35.9 Å². The average molecular weight is 421 g/mol. The van der Waals surface area contributed by atoms with Gasteiger partial charge in [-0.3, -0.25) is 4.79 Å². The fraction of sp³-hybridized carbons (Fsp3) is 0.833. The van der Waals surface area contributed by atoms with Gasteiger partial charge in [0.25, 0.3) is 6.43 Å². The molecule has 0 aromatic carbocycles. The summed E-state index contributed by atoms with van der Waals surface area (Å²) in [5.41, 5.74) is -1.70. The molecular formula is C24H34F2N2O2. The SMILES string of the molecule is C[C@]12CC[C@H]3[C@@H](CC[C@@H]4C[C@@](O)(C(F)F)CC[C@@H]43)[C@@H]1CC[C@@H]2C(=O)Cc1ncc[nH]1. The highest BCUT2D eigenvalue weighted by Crippen LogP contribution is 2.65. The third kappa shape index (κ3) is 3.16. The first kappa shape index (κ1) is 20.6. The molecule has 5 rings (SSSR count). The first-order valence-electron chi connectivity index (χ1n) is 11.8. The molecule has 2 N–H and O–H groups in total. The van der Waals surface area contributed by atoms with Crippen molar-refractivity contribution >= 4 is 5.78 Å². The van der Waals surface area contributed by atoms with Gasteiger partial charge in [-0.1, -0.05) is 6.92 Å². The number of nitrogens with one attached hydrogen (secondary N) is 1. The van der Waals surface area contributed by atoms with Gasteiger partial charge in [-0.05, 0) is 92.8 Å². The summed E-state index contributed by atoms with van der Waals surface area (Å²) in [5, 5.41) is 10.4. The van der Waals surface area contributed by atoms with Gasteiger partial charge in [0.05, 0.1) is 6.42 Å². The number of fused-ring (bicyclic) bond motifs is 5. The molecule has 1 aromatic rings. The molecule has 166 valence electrons. The fourth-order valence-corrected chi connectivity index (χ4v) is 8.32. The van der Waals surface area contributed by atoms with Crippen molar-refractivity contribution in [1.82, 2.24) is 9.97 Å². The quantitative estimate of drug-likeness (QED) is 0.736. The van der Waals surface area contributed by atoms with Crippen molar-refractivity contribution < 1.29 is 18.7 Å². The van der Waals surface area contributed by atoms with Crippen LogP contribution in [0.4, 0.5) is 8.78 Å². The van der Waals surface area contributed by atoms with E-state index in [0.717, 1.165) is 50.8 Å². The van der Waals surface area contributed by atoms with E-state index in [9.17, 15) is 18.7 Å². The number of aliphatic hydroxyl groups is 1. The molecule has 4 aliphatic rings. The molecule has 4 saturated carbocycles. The molecular weight excluding hydrogens is 386 g/mol. The second kappa shape index (κ2) is 7.39. The van der Waals surface area contributed by atoms with Crippen molar-refractivity contribution in [2.45, 2.75) is 83.2 Å². The average Bonchev–Trinajstić information content (AvgIpc) is 3.34. The van der Waals surface area contributed by atoms with Crippen LogP contribution in [0, 0.1) is 40.9 Å². The number of alkyl halides is 2. The van der Waals surface area contributed by atoms with Crippen molar-refractivity contribution in [3.63, 3.8) is 0 Å². The van der Waals surface area contributed by atoms with Crippen LogP contribution in [-0.2, 0) is 11.2 Å². The minimum atomic E-state index is -2.64. The van der Waals surface area contributed by atoms with E-state index in [4.69, 9.17) is 0 Å². The lowest BCUT2D eigenvalue weighted by Crippen LogP contribution is -2.53. The number of hydrogen-bond acceptors (Lipinski definition) is 3. The second-order valence-electron chi connectivity index (χ2n) is 10.9. The van der Waals surface area contributed by atoms with Crippen LogP contribution in [-0.4, -0.2) is 32.9 Å². The molecule has 0 unspecified atom stereocenters. The maximum absolute atomic E-state index is 13.4. The Morgan fingerprint density at radius 1 is 1.17 bits per heavy atom. The summed E-state index contributed by atoms with van der Waals surface area (Å²) in [4.78, 5) is 20.4. The van der Waals surface area contributed by atoms with Crippen LogP contribution in [0.5, 0.6) is 0 Å². The number of imidazole rings is 1. The van der Waals surface area contributed by atoms with E-state index >= 15 is 0 Å². The lowest BCUT2D eigenvalue weighted by Gasteiger charge is -2.57. The number of ketones is 1. The molecule has 8 atom stereocenters. The van der Waals surface area contributed by atoms with Crippen molar-refractivity contribution in [3.05, 3.63) is 18.2 Å². The minimum Gasteiger partial charge on any atom is -0.384 e. The van der Waals surface area contributed by atoms with Crippen molar-refractivity contribution in [3.8, 4) is 0 Å². The first-order chi connectivity index (χ1) is 14.3. The van der Waals surface area contributed by atoms with Crippen LogP contribution in [0.25, 0.3) is 0 Å². The number of hydrogen-bond donors (Lipinski definition) is 2. The van der Waals surface area contributed by atoms with Gasteiger partial charge >= 0.3 is 0 Å². The predicted molar refractivity (Wildman–Crippen MR) is 109 cm³/mol. The van der Waals surface area contributed by atoms with Crippen molar-refractivity contribution in [2.75, 3.05) is 0 Å². The predicted octanol–water partition coefficient (Wildman–Crippen LogP) is 4.79. The van der Waals surface area contributed by atoms with Crippen LogP contribution >= 0.6 is 0 Å². The summed E-state index contributed by atoms with van der Waals surface area (Å²) in [6.07, 6.45) is 8.76. The van der Waals surface area contributed by atoms with Gasteiger partial charge in [-0.15, -0.1) is 0 Å². The highest BCUT2D eigenvalue weighted by Gasteiger charge is 2.59. The lowest BCUT2D eigenvalue weighted by molar-refractivity contribution is -0.160. The molecule has 0 amide bonds. The molecule has 6 heteroatoms. The summed E-state index contributed by atoms with van der Waals surface area (Å²) in [6, 6.07) is 0. The van der Waals surface area contributed by atoms with E-state index in [1.54, 1.807) is 12.4 Å². The molecule has 0 bridgehead atoms. The lowest BCUT2D eigenvalue weighted by atomic mass is 9.49. The molecule has 4 aliphatic carbocycles. The maximum atomic E-state index is 13.4. The minimum absolute atomic E-state index is 0.0655. The van der Waals surface area contributed by atoms with E-state index < -0.39 is 12.0 Å². The molecule has 4 nitrogen and oxygen atoms in total. The number of carbonyl (C=O) groups is 1. The van der Waals surface area contributed by atoms with Gasteiger partial charge in [0.1, 0.15) is 17.2 Å². The number of halogens is 2. The number of carbonyl (C=O) groups excluding carboxylic acids is 1. The monoisotopic (exact) mass is 420 g/mol. The van der Waals surface area contributed by atoms with Crippen LogP contribution < -0.4 is 0 Å². The number of Topliss-reactive ketones (excluding diaryl/α,β-unsaturated/α-hetero) is 1. The Labute approximate surface area is 177 Å². The first-order valence-corrected chi connectivity index (χ1v) is 11.8. The van der Waals surface area contributed by atoms with Crippen molar-refractivity contribution in [1.29, 1.82) is 0 Å². The van der Waals surface area contributed by atoms with Crippen LogP contribution in [0.15, 0.2) is 12.4 Å². The Balaban J connectivity index is 1.30. The molecule has 1 heterocycles. The number of aromatic amines is 1. The van der Waals surface area contributed by atoms with E-state index in [2.05, 4.69) is 16.9 Å². The molecule has 0 saturated heterocycles. The van der Waals surface area contributed by atoms with Crippen LogP contribution in [0.2, 0.25) is 0 Å². The topological polar surface area (TPSA) is 66.0 Å². The number of H-pyrrole nitrogens is 1. The van der Waals surface area contributed by atoms with Gasteiger partial charge in [0.2, 0.25) is 0 Å². The largest absolute Gasteiger partial charge is 0.384 e. The molecule has 0 radical (unpaired) electrons. The Hall–Kier alpha value is -1.30. The highest BCUT2D eigenvalue weighted by molar-refractivity contribution is 5.83. The van der Waals surface area contributed by atoms with E-state index in [1.165, 1.54) is 0 Å². The van der Waals surface area contributed by atoms with Crippen LogP contribution in [0.3, 0.4) is 0 Å². The van der Waals surface area contributed by atoms with Gasteiger partial charge < -0.3 is 10.1 Å². The van der Waals surface area contributed by atoms with Crippen LogP contribution in [0.1, 0.15) is 70.5 Å². The zero-order chi connectivity index (χ0) is 21.1. The Kier molecular flexibility index (Phi) is 5.07. The number of rotatable bonds is 4. The summed E-state index contributed by atoms with van der Waals surface area (Å²) in [7, 11) is 0. The van der Waals surface area contributed by atoms with Gasteiger partial charge in [-0.2, -0.15) is 0 Å². The van der Waals surface area contributed by atoms with E-state index in [1.807, 2.05) is 0 Å². The molecule has 0 spiro atoms. The van der Waals surface area contributed by atoms with Crippen molar-refractivity contribution in [2.24, 2.45) is 40.9 Å². The summed E-state index contributed by atoms with van der Waals surface area (Å²) in [5.74, 6) is 3.68. The van der Waals surface area contributed by atoms with Gasteiger partial charge in [0.15, 0.2) is 0 Å².